The van der Waals surface area contributed by atoms with Gasteiger partial charge in [0.1, 0.15) is 5.78 Å². The fourth-order valence-corrected chi connectivity index (χ4v) is 1.11. The van der Waals surface area contributed by atoms with Gasteiger partial charge in [-0.15, -0.1) is 0 Å². The summed E-state index contributed by atoms with van der Waals surface area (Å²) < 4.78 is 4.83. The third-order valence-electron chi connectivity index (χ3n) is 2.55. The first-order valence-corrected chi connectivity index (χ1v) is 7.40. The van der Waals surface area contributed by atoms with Gasteiger partial charge in [0.05, 0.1) is 6.07 Å². The van der Waals surface area contributed by atoms with Crippen molar-refractivity contribution in [1.82, 2.24) is 0 Å². The molecule has 0 bridgehead atoms. The molecule has 0 spiro atoms. The van der Waals surface area contributed by atoms with E-state index in [0.717, 1.165) is 45.3 Å². The second-order valence-corrected chi connectivity index (χ2v) is 4.28. The topological polar surface area (TPSA) is 50.1 Å². The number of nitriles is 1. The summed E-state index contributed by atoms with van der Waals surface area (Å²) in [6.45, 7) is 12.6. The number of ether oxygens (including phenoxy) is 1. The molecule has 0 atom stereocenters. The first-order valence-electron chi connectivity index (χ1n) is 7.40. The van der Waals surface area contributed by atoms with Gasteiger partial charge in [-0.05, 0) is 39.5 Å². The van der Waals surface area contributed by atoms with E-state index >= 15 is 0 Å². The number of nitrogens with zero attached hydrogens (tertiary/aromatic N) is 1. The van der Waals surface area contributed by atoms with Gasteiger partial charge >= 0.3 is 23.1 Å². The smallest absolute Gasteiger partial charge is 1.00 e. The first-order chi connectivity index (χ1) is 9.19. The summed E-state index contributed by atoms with van der Waals surface area (Å²) in [5.41, 5.74) is 0. The first kappa shape index (κ1) is 29.4. The van der Waals surface area contributed by atoms with E-state index in [2.05, 4.69) is 13.0 Å². The Hall–Kier alpha value is 0.366. The zero-order valence-corrected chi connectivity index (χ0v) is 17.2. The van der Waals surface area contributed by atoms with Crippen molar-refractivity contribution in [1.29, 1.82) is 5.26 Å². The molecule has 2 aliphatic carbocycles. The average Bonchev–Trinajstić information content (AvgIpc) is 3.35. The Morgan fingerprint density at radius 2 is 1.57 bits per heavy atom. The second kappa shape index (κ2) is 22.6. The number of rotatable bonds is 4. The van der Waals surface area contributed by atoms with Crippen LogP contribution in [0.5, 0.6) is 0 Å². The molecule has 0 aromatic rings. The summed E-state index contributed by atoms with van der Waals surface area (Å²) in [4.78, 5) is 10.6. The van der Waals surface area contributed by atoms with Crippen LogP contribution in [0.3, 0.4) is 0 Å². The van der Waals surface area contributed by atoms with Crippen LogP contribution in [0.15, 0.2) is 0 Å². The monoisotopic (exact) mass is 371 g/mol. The average molecular weight is 373 g/mol. The van der Waals surface area contributed by atoms with Crippen LogP contribution in [0.4, 0.5) is 0 Å². The molecule has 0 aliphatic heterocycles. The molecule has 0 N–H and O–H groups in total. The SMILES string of the molecule is CCC(=O)C1CC1.CCOCC.N#CC1CC1.[Br-].[CH2-]C.[Mg+2]. The van der Waals surface area contributed by atoms with Crippen LogP contribution >= 0.6 is 0 Å². The largest absolute Gasteiger partial charge is 2.00 e. The van der Waals surface area contributed by atoms with Crippen molar-refractivity contribution in [3.63, 3.8) is 0 Å². The van der Waals surface area contributed by atoms with Crippen LogP contribution in [0.2, 0.25) is 0 Å². The van der Waals surface area contributed by atoms with E-state index < -0.39 is 0 Å². The molecule has 21 heavy (non-hydrogen) atoms. The molecule has 0 amide bonds. The molecule has 0 heterocycles. The second-order valence-electron chi connectivity index (χ2n) is 4.28. The maximum Gasteiger partial charge on any atom is 2.00 e. The van der Waals surface area contributed by atoms with E-state index in [0.29, 0.717) is 17.6 Å². The molecule has 0 aromatic carbocycles. The third kappa shape index (κ3) is 25.6. The van der Waals surface area contributed by atoms with Crippen molar-refractivity contribution in [3.8, 4) is 6.07 Å². The Labute approximate surface area is 158 Å². The molecule has 0 unspecified atom stereocenters. The fourth-order valence-electron chi connectivity index (χ4n) is 1.11. The van der Waals surface area contributed by atoms with E-state index in [-0.39, 0.29) is 40.0 Å². The number of ketones is 1. The van der Waals surface area contributed by atoms with Crippen LogP contribution in [0.1, 0.15) is 59.8 Å². The molecule has 2 rings (SSSR count). The van der Waals surface area contributed by atoms with E-state index in [1.807, 2.05) is 20.8 Å². The summed E-state index contributed by atoms with van der Waals surface area (Å²) in [6, 6.07) is 2.14. The van der Waals surface area contributed by atoms with Crippen LogP contribution in [0.25, 0.3) is 0 Å². The van der Waals surface area contributed by atoms with Crippen LogP contribution < -0.4 is 17.0 Å². The van der Waals surface area contributed by atoms with Gasteiger partial charge in [0, 0.05) is 31.5 Å². The molecule has 2 aliphatic rings. The molecule has 120 valence electrons. The molecule has 2 fully saturated rings. The van der Waals surface area contributed by atoms with Gasteiger partial charge in [-0.3, -0.25) is 4.79 Å². The van der Waals surface area contributed by atoms with Crippen molar-refractivity contribution < 1.29 is 26.5 Å². The van der Waals surface area contributed by atoms with Gasteiger partial charge in [0.2, 0.25) is 0 Å². The van der Waals surface area contributed by atoms with Crippen molar-refractivity contribution >= 4 is 28.8 Å². The minimum atomic E-state index is 0. The van der Waals surface area contributed by atoms with Gasteiger partial charge < -0.3 is 28.6 Å². The quantitative estimate of drug-likeness (QED) is 0.542. The Morgan fingerprint density at radius 3 is 1.62 bits per heavy atom. The molecule has 5 heteroatoms. The van der Waals surface area contributed by atoms with Gasteiger partial charge in [-0.2, -0.15) is 12.2 Å². The predicted octanol–water partition coefficient (Wildman–Crippen LogP) is 0.802. The minimum absolute atomic E-state index is 0. The summed E-state index contributed by atoms with van der Waals surface area (Å²) in [5.74, 6) is 1.37. The Kier molecular flexibility index (Phi) is 31.7. The van der Waals surface area contributed by atoms with E-state index in [9.17, 15) is 4.79 Å². The third-order valence-corrected chi connectivity index (χ3v) is 2.55. The van der Waals surface area contributed by atoms with Crippen molar-refractivity contribution in [2.24, 2.45) is 11.8 Å². The predicted molar refractivity (Wildman–Crippen MR) is 85.3 cm³/mol. The molecular weight excluding hydrogens is 342 g/mol. The molecule has 0 saturated heterocycles. The van der Waals surface area contributed by atoms with Crippen molar-refractivity contribution in [2.75, 3.05) is 13.2 Å². The van der Waals surface area contributed by atoms with Crippen LogP contribution in [-0.2, 0) is 9.53 Å². The number of Topliss-reactive ketones (excluding diaryl/α,β-unsaturated/α-hetero) is 1. The molecular formula is C16H30BrMgNO2. The van der Waals surface area contributed by atoms with E-state index in [1.165, 1.54) is 0 Å². The number of hydrogen-bond donors (Lipinski definition) is 0. The zero-order chi connectivity index (χ0) is 15.1. The van der Waals surface area contributed by atoms with Crippen LogP contribution in [0, 0.1) is 30.1 Å². The van der Waals surface area contributed by atoms with E-state index in [1.54, 1.807) is 6.92 Å². The Morgan fingerprint density at radius 1 is 1.14 bits per heavy atom. The van der Waals surface area contributed by atoms with Crippen molar-refractivity contribution in [2.45, 2.75) is 59.8 Å². The Bertz CT molecular complexity index is 247. The minimum Gasteiger partial charge on any atom is -1.00 e. The fraction of sp³-hybridized carbons (Fsp3) is 0.812. The summed E-state index contributed by atoms with van der Waals surface area (Å²) >= 11 is 0. The number of halogens is 1. The van der Waals surface area contributed by atoms with Crippen LogP contribution in [-0.4, -0.2) is 42.0 Å². The summed E-state index contributed by atoms with van der Waals surface area (Å²) in [6.07, 6.45) is 5.36. The number of hydrogen-bond acceptors (Lipinski definition) is 3. The number of carbonyl (C=O) groups excluding carboxylic acids is 1. The molecule has 0 radical (unpaired) electrons. The maximum atomic E-state index is 10.6. The maximum absolute atomic E-state index is 10.6. The standard InChI is InChI=1S/C6H10O.C4H5N.C4H10O.C2H5.BrH.Mg/c1-2-6(7)5-3-4-5;5-3-4-1-2-4;1-3-5-4-2;1-2;;/h5H,2-4H2,1H3;4H,1-2H2;3-4H2,1-2H3;1H2,2H3;1H;/q;;;-1;;+2/p-1. The summed E-state index contributed by atoms with van der Waals surface area (Å²) in [5, 5.41) is 7.96. The van der Waals surface area contributed by atoms with Gasteiger partial charge in [-0.1, -0.05) is 6.92 Å². The molecule has 3 nitrogen and oxygen atoms in total. The number of carbonyl (C=O) groups is 1. The van der Waals surface area contributed by atoms with Crippen molar-refractivity contribution in [3.05, 3.63) is 6.92 Å². The Balaban J connectivity index is -0.0000000948. The van der Waals surface area contributed by atoms with Gasteiger partial charge in [0.15, 0.2) is 0 Å². The van der Waals surface area contributed by atoms with Gasteiger partial charge in [0.25, 0.3) is 0 Å². The summed E-state index contributed by atoms with van der Waals surface area (Å²) in [7, 11) is 0. The molecule has 2 saturated carbocycles. The van der Waals surface area contributed by atoms with E-state index in [4.69, 9.17) is 10.00 Å². The van der Waals surface area contributed by atoms with Gasteiger partial charge in [-0.25, -0.2) is 0 Å². The normalized spacial score (nSPS) is 13.9. The zero-order valence-electron chi connectivity index (χ0n) is 14.2. The molecule has 0 aromatic heterocycles.